The number of hydrogen-bond acceptors (Lipinski definition) is 3. The molecule has 110 valence electrons. The molecular weight excluding hydrogens is 266 g/mol. The number of nitrogens with one attached hydrogen (secondary N) is 1. The van der Waals surface area contributed by atoms with E-state index < -0.39 is 6.04 Å². The zero-order chi connectivity index (χ0) is 15.4. The van der Waals surface area contributed by atoms with Gasteiger partial charge in [-0.2, -0.15) is 4.98 Å². The van der Waals surface area contributed by atoms with E-state index in [0.29, 0.717) is 17.8 Å². The fourth-order valence-electron chi connectivity index (χ4n) is 2.37. The topological polar surface area (TPSA) is 64.0 Å². The lowest BCUT2D eigenvalue weighted by atomic mass is 10.1. The van der Waals surface area contributed by atoms with Crippen LogP contribution >= 0.6 is 0 Å². The average Bonchev–Trinajstić information content (AvgIpc) is 2.43. The number of aromatic nitrogens is 2. The van der Waals surface area contributed by atoms with Crippen molar-refractivity contribution in [2.75, 3.05) is 5.32 Å². The minimum atomic E-state index is -0.564. The van der Waals surface area contributed by atoms with Gasteiger partial charge >= 0.3 is 5.69 Å². The summed E-state index contributed by atoms with van der Waals surface area (Å²) in [5.41, 5.74) is 1.73. The first-order valence-corrected chi connectivity index (χ1v) is 6.95. The van der Waals surface area contributed by atoms with E-state index in [-0.39, 0.29) is 11.6 Å². The van der Waals surface area contributed by atoms with Crippen LogP contribution in [0.15, 0.2) is 41.2 Å². The second kappa shape index (κ2) is 6.35. The van der Waals surface area contributed by atoms with E-state index in [1.165, 1.54) is 4.57 Å². The highest BCUT2D eigenvalue weighted by Gasteiger charge is 2.21. The predicted molar refractivity (Wildman–Crippen MR) is 82.4 cm³/mol. The lowest BCUT2D eigenvalue weighted by Crippen LogP contribution is -2.36. The van der Waals surface area contributed by atoms with Gasteiger partial charge in [0.25, 0.3) is 0 Å². The zero-order valence-corrected chi connectivity index (χ0v) is 12.5. The quantitative estimate of drug-likeness (QED) is 0.938. The van der Waals surface area contributed by atoms with Gasteiger partial charge in [-0.3, -0.25) is 9.36 Å². The number of para-hydroxylation sites is 1. The first-order valence-electron chi connectivity index (χ1n) is 6.95. The summed E-state index contributed by atoms with van der Waals surface area (Å²) in [6.07, 6.45) is 0.518. The van der Waals surface area contributed by atoms with Crippen LogP contribution in [0.25, 0.3) is 0 Å². The molecule has 0 aliphatic carbocycles. The standard InChI is InChI=1S/C16H19N3O2/c1-4-14(15(20)18-13-8-6-5-7-9-13)19-12(3)10-11(2)17-16(19)21/h5-10,14H,4H2,1-3H3,(H,18,20)/t14-/m0/s1. The largest absolute Gasteiger partial charge is 0.348 e. The monoisotopic (exact) mass is 285 g/mol. The van der Waals surface area contributed by atoms with Gasteiger partial charge in [-0.05, 0) is 38.5 Å². The van der Waals surface area contributed by atoms with Crippen LogP contribution in [0, 0.1) is 13.8 Å². The Kier molecular flexibility index (Phi) is 4.52. The summed E-state index contributed by atoms with van der Waals surface area (Å²) in [5.74, 6) is -0.209. The lowest BCUT2D eigenvalue weighted by molar-refractivity contribution is -0.119. The van der Waals surface area contributed by atoms with Crippen LogP contribution in [-0.2, 0) is 4.79 Å². The molecular formula is C16H19N3O2. The predicted octanol–water partition coefficient (Wildman–Crippen LogP) is 2.45. The van der Waals surface area contributed by atoms with Gasteiger partial charge in [0.1, 0.15) is 6.04 Å². The Morgan fingerprint density at radius 2 is 1.95 bits per heavy atom. The molecule has 1 N–H and O–H groups in total. The summed E-state index contributed by atoms with van der Waals surface area (Å²) >= 11 is 0. The summed E-state index contributed by atoms with van der Waals surface area (Å²) in [5, 5.41) is 2.83. The van der Waals surface area contributed by atoms with Crippen LogP contribution in [0.2, 0.25) is 0 Å². The molecule has 1 aromatic carbocycles. The summed E-state index contributed by atoms with van der Waals surface area (Å²) < 4.78 is 1.45. The van der Waals surface area contributed by atoms with Gasteiger partial charge in [-0.25, -0.2) is 4.79 Å². The second-order valence-corrected chi connectivity index (χ2v) is 4.97. The maximum absolute atomic E-state index is 12.4. The van der Waals surface area contributed by atoms with Gasteiger partial charge < -0.3 is 5.32 Å². The normalized spacial score (nSPS) is 12.0. The van der Waals surface area contributed by atoms with Crippen molar-refractivity contribution >= 4 is 11.6 Å². The molecule has 0 fully saturated rings. The summed E-state index contributed by atoms with van der Waals surface area (Å²) in [6, 6.07) is 10.4. The molecule has 5 heteroatoms. The molecule has 0 aliphatic rings. The number of amides is 1. The van der Waals surface area contributed by atoms with E-state index in [1.807, 2.05) is 44.2 Å². The minimum absolute atomic E-state index is 0.209. The molecule has 0 aliphatic heterocycles. The molecule has 2 aromatic rings. The maximum atomic E-state index is 12.4. The first kappa shape index (κ1) is 15.0. The third-order valence-electron chi connectivity index (χ3n) is 3.32. The Balaban J connectivity index is 2.32. The Morgan fingerprint density at radius 1 is 1.29 bits per heavy atom. The van der Waals surface area contributed by atoms with Crippen LogP contribution < -0.4 is 11.0 Å². The van der Waals surface area contributed by atoms with E-state index >= 15 is 0 Å². The molecule has 0 unspecified atom stereocenters. The number of anilines is 1. The van der Waals surface area contributed by atoms with Crippen molar-refractivity contribution in [3.05, 3.63) is 58.3 Å². The van der Waals surface area contributed by atoms with Crippen molar-refractivity contribution in [2.24, 2.45) is 0 Å². The molecule has 0 spiro atoms. The summed E-state index contributed by atoms with van der Waals surface area (Å²) in [6.45, 7) is 5.46. The Bertz CT molecular complexity index is 692. The number of aryl methyl sites for hydroxylation is 2. The zero-order valence-electron chi connectivity index (χ0n) is 12.5. The van der Waals surface area contributed by atoms with Gasteiger partial charge in [0, 0.05) is 17.1 Å². The summed E-state index contributed by atoms with van der Waals surface area (Å²) in [4.78, 5) is 28.4. The third kappa shape index (κ3) is 3.37. The molecule has 21 heavy (non-hydrogen) atoms. The van der Waals surface area contributed by atoms with Crippen LogP contribution in [0.5, 0.6) is 0 Å². The van der Waals surface area contributed by atoms with Crippen molar-refractivity contribution in [2.45, 2.75) is 33.2 Å². The van der Waals surface area contributed by atoms with Gasteiger partial charge in [0.2, 0.25) is 5.91 Å². The van der Waals surface area contributed by atoms with Gasteiger partial charge in [-0.15, -0.1) is 0 Å². The van der Waals surface area contributed by atoms with Crippen molar-refractivity contribution in [1.82, 2.24) is 9.55 Å². The second-order valence-electron chi connectivity index (χ2n) is 4.97. The van der Waals surface area contributed by atoms with Crippen molar-refractivity contribution in [3.63, 3.8) is 0 Å². The lowest BCUT2D eigenvalue weighted by Gasteiger charge is -2.20. The Labute approximate surface area is 123 Å². The van der Waals surface area contributed by atoms with Gasteiger partial charge in [-0.1, -0.05) is 25.1 Å². The number of hydrogen-bond donors (Lipinski definition) is 1. The molecule has 2 rings (SSSR count). The maximum Gasteiger partial charge on any atom is 0.348 e. The van der Waals surface area contributed by atoms with E-state index in [1.54, 1.807) is 13.0 Å². The minimum Gasteiger partial charge on any atom is -0.324 e. The first-order chi connectivity index (χ1) is 10.0. The number of carbonyl (C=O) groups excluding carboxylic acids is 1. The molecule has 0 bridgehead atoms. The number of benzene rings is 1. The fraction of sp³-hybridized carbons (Fsp3) is 0.312. The molecule has 1 aromatic heterocycles. The van der Waals surface area contributed by atoms with Crippen molar-refractivity contribution < 1.29 is 4.79 Å². The number of carbonyl (C=O) groups is 1. The summed E-state index contributed by atoms with van der Waals surface area (Å²) in [7, 11) is 0. The van der Waals surface area contributed by atoms with E-state index in [2.05, 4.69) is 10.3 Å². The molecule has 0 radical (unpaired) electrons. The van der Waals surface area contributed by atoms with Crippen LogP contribution in [0.4, 0.5) is 5.69 Å². The SMILES string of the molecule is CC[C@@H](C(=O)Nc1ccccc1)n1c(C)cc(C)nc1=O. The molecule has 0 saturated heterocycles. The highest BCUT2D eigenvalue weighted by molar-refractivity contribution is 5.93. The highest BCUT2D eigenvalue weighted by atomic mass is 16.2. The van der Waals surface area contributed by atoms with E-state index in [4.69, 9.17) is 0 Å². The van der Waals surface area contributed by atoms with Crippen LogP contribution in [-0.4, -0.2) is 15.5 Å². The molecule has 1 amide bonds. The fourth-order valence-corrected chi connectivity index (χ4v) is 2.37. The number of nitrogens with zero attached hydrogens (tertiary/aromatic N) is 2. The van der Waals surface area contributed by atoms with Crippen molar-refractivity contribution in [3.8, 4) is 0 Å². The van der Waals surface area contributed by atoms with Gasteiger partial charge in [0.15, 0.2) is 0 Å². The molecule has 0 saturated carbocycles. The highest BCUT2D eigenvalue weighted by Crippen LogP contribution is 2.15. The molecule has 1 heterocycles. The van der Waals surface area contributed by atoms with E-state index in [0.717, 1.165) is 5.69 Å². The molecule has 5 nitrogen and oxygen atoms in total. The van der Waals surface area contributed by atoms with Crippen molar-refractivity contribution in [1.29, 1.82) is 0 Å². The Hall–Kier alpha value is -2.43. The van der Waals surface area contributed by atoms with Gasteiger partial charge in [0.05, 0.1) is 0 Å². The smallest absolute Gasteiger partial charge is 0.324 e. The van der Waals surface area contributed by atoms with E-state index in [9.17, 15) is 9.59 Å². The number of rotatable bonds is 4. The Morgan fingerprint density at radius 3 is 2.52 bits per heavy atom. The van der Waals surface area contributed by atoms with Crippen LogP contribution in [0.1, 0.15) is 30.8 Å². The van der Waals surface area contributed by atoms with Crippen LogP contribution in [0.3, 0.4) is 0 Å². The third-order valence-corrected chi connectivity index (χ3v) is 3.32. The average molecular weight is 285 g/mol. The molecule has 1 atom stereocenters.